The van der Waals surface area contributed by atoms with Gasteiger partial charge < -0.3 is 49.4 Å². The molecule has 2 aromatic rings. The number of ether oxygens (including phenoxy) is 5. The van der Waals surface area contributed by atoms with E-state index in [9.17, 15) is 39.6 Å². The molecule has 0 spiro atoms. The molecule has 51 heavy (non-hydrogen) atoms. The van der Waals surface area contributed by atoms with E-state index in [0.29, 0.717) is 6.42 Å². The summed E-state index contributed by atoms with van der Waals surface area (Å²) in [5, 5.41) is 48.1. The molecule has 6 bridgehead atoms. The summed E-state index contributed by atoms with van der Waals surface area (Å²) in [5.41, 5.74) is -1.70. The standard InChI is InChI=1S/C37H45NO13/c1-14-24(47-8)9-10-48-37(7)34(45)27-25-22(40)12-21-33(26(25)30(44)17(4)32(27)51-37)50-36(6,35(46)38-21)13-23(41)19-11-20(19)29(43)15(2)28(42)16(3)31(14)49-18(5)39/h9-10,12,14-16,19-20,24,28-29,31,40,42-44H,11,13H2,1-8H3,(H,38,46)/b10-9+/t14-,15+,16-,19-,20+,24+,28-,29-,31-,36+,37+/m1/s1. The number of hydrogen-bond donors (Lipinski definition) is 5. The lowest BCUT2D eigenvalue weighted by atomic mass is 9.79. The van der Waals surface area contributed by atoms with Crippen LogP contribution in [-0.2, 0) is 28.6 Å². The number of ketones is 2. The maximum absolute atomic E-state index is 14.1. The summed E-state index contributed by atoms with van der Waals surface area (Å²) in [5.74, 6) is -8.32. The topological polar surface area (TPSA) is 207 Å². The molecule has 2 aromatic carbocycles. The molecule has 6 rings (SSSR count). The van der Waals surface area contributed by atoms with E-state index in [-0.39, 0.29) is 50.6 Å². The highest BCUT2D eigenvalue weighted by Gasteiger charge is 2.54. The molecule has 4 aliphatic rings. The molecule has 0 saturated heterocycles. The summed E-state index contributed by atoms with van der Waals surface area (Å²) in [6, 6.07) is 1.19. The Kier molecular flexibility index (Phi) is 9.04. The molecule has 0 unspecified atom stereocenters. The number of benzene rings is 2. The number of esters is 1. The zero-order chi connectivity index (χ0) is 37.5. The molecule has 1 saturated carbocycles. The molecule has 1 aliphatic carbocycles. The molecule has 14 heteroatoms. The normalized spacial score (nSPS) is 37.1. The quantitative estimate of drug-likeness (QED) is 0.282. The van der Waals surface area contributed by atoms with Crippen LogP contribution in [0, 0.1) is 36.5 Å². The Labute approximate surface area is 294 Å². The number of hydrogen-bond acceptors (Lipinski definition) is 13. The van der Waals surface area contributed by atoms with Gasteiger partial charge in [-0.05, 0) is 32.3 Å². The monoisotopic (exact) mass is 711 g/mol. The van der Waals surface area contributed by atoms with Crippen molar-refractivity contribution in [3.05, 3.63) is 29.5 Å². The summed E-state index contributed by atoms with van der Waals surface area (Å²) in [6.45, 7) is 10.7. The van der Waals surface area contributed by atoms with E-state index in [1.165, 1.54) is 53.2 Å². The van der Waals surface area contributed by atoms with Crippen LogP contribution in [0.2, 0.25) is 0 Å². The van der Waals surface area contributed by atoms with Crippen molar-refractivity contribution in [1.82, 2.24) is 0 Å². The summed E-state index contributed by atoms with van der Waals surface area (Å²) in [6.07, 6.45) is -1.28. The first-order valence-corrected chi connectivity index (χ1v) is 17.1. The first-order chi connectivity index (χ1) is 23.8. The van der Waals surface area contributed by atoms with E-state index < -0.39 is 95.2 Å². The maximum atomic E-state index is 14.1. The molecule has 0 radical (unpaired) electrons. The molecule has 5 N–H and O–H groups in total. The number of nitrogens with one attached hydrogen (secondary N) is 1. The number of methoxy groups -OCH3 is 1. The van der Waals surface area contributed by atoms with E-state index >= 15 is 0 Å². The van der Waals surface area contributed by atoms with Crippen molar-refractivity contribution in [2.45, 2.75) is 97.1 Å². The summed E-state index contributed by atoms with van der Waals surface area (Å²) in [4.78, 5) is 53.5. The average molecular weight is 712 g/mol. The highest BCUT2D eigenvalue weighted by atomic mass is 16.7. The number of phenolic OH excluding ortho intramolecular Hbond substituents is 2. The first-order valence-electron chi connectivity index (χ1n) is 17.1. The number of carbonyl (C=O) groups excluding carboxylic acids is 4. The predicted octanol–water partition coefficient (Wildman–Crippen LogP) is 3.66. The van der Waals surface area contributed by atoms with Gasteiger partial charge in [0, 0.05) is 61.6 Å². The number of aromatic hydroxyl groups is 2. The highest BCUT2D eigenvalue weighted by molar-refractivity contribution is 6.22. The molecule has 1 fully saturated rings. The van der Waals surface area contributed by atoms with Crippen LogP contribution in [0.3, 0.4) is 0 Å². The largest absolute Gasteiger partial charge is 0.507 e. The van der Waals surface area contributed by atoms with Gasteiger partial charge in [-0.3, -0.25) is 19.2 Å². The van der Waals surface area contributed by atoms with Gasteiger partial charge in [0.2, 0.25) is 0 Å². The third-order valence-corrected chi connectivity index (χ3v) is 11.2. The molecule has 0 aromatic heterocycles. The third-order valence-electron chi connectivity index (χ3n) is 11.2. The van der Waals surface area contributed by atoms with Crippen LogP contribution in [0.4, 0.5) is 5.69 Å². The lowest BCUT2D eigenvalue weighted by Gasteiger charge is -2.37. The number of aliphatic hydroxyl groups is 2. The van der Waals surface area contributed by atoms with Crippen LogP contribution >= 0.6 is 0 Å². The summed E-state index contributed by atoms with van der Waals surface area (Å²) < 4.78 is 29.6. The number of carbonyl (C=O) groups is 4. The molecule has 276 valence electrons. The van der Waals surface area contributed by atoms with Crippen molar-refractivity contribution in [3.63, 3.8) is 0 Å². The van der Waals surface area contributed by atoms with Gasteiger partial charge in [0.1, 0.15) is 29.1 Å². The highest BCUT2D eigenvalue weighted by Crippen LogP contribution is 2.56. The lowest BCUT2D eigenvalue weighted by molar-refractivity contribution is -0.160. The minimum atomic E-state index is -1.97. The Morgan fingerprint density at radius 2 is 1.67 bits per heavy atom. The fourth-order valence-corrected chi connectivity index (χ4v) is 7.94. The second-order valence-corrected chi connectivity index (χ2v) is 14.8. The van der Waals surface area contributed by atoms with Gasteiger partial charge in [0.05, 0.1) is 47.6 Å². The number of fused-ring (bicyclic) bond motifs is 3. The fraction of sp³-hybridized carbons (Fsp3) is 0.568. The van der Waals surface area contributed by atoms with Crippen molar-refractivity contribution < 1.29 is 63.3 Å². The van der Waals surface area contributed by atoms with E-state index in [4.69, 9.17) is 23.7 Å². The Bertz CT molecular complexity index is 1860. The van der Waals surface area contributed by atoms with E-state index in [0.717, 1.165) is 0 Å². The van der Waals surface area contributed by atoms with Gasteiger partial charge in [-0.2, -0.15) is 0 Å². The molecule has 11 atom stereocenters. The second kappa shape index (κ2) is 12.7. The zero-order valence-corrected chi connectivity index (χ0v) is 29.8. The van der Waals surface area contributed by atoms with E-state index in [1.54, 1.807) is 20.8 Å². The number of anilines is 1. The van der Waals surface area contributed by atoms with Crippen molar-refractivity contribution in [2.75, 3.05) is 12.4 Å². The summed E-state index contributed by atoms with van der Waals surface area (Å²) in [7, 11) is 1.43. The Morgan fingerprint density at radius 1 is 0.980 bits per heavy atom. The van der Waals surface area contributed by atoms with Gasteiger partial charge in [-0.15, -0.1) is 0 Å². The SMILES string of the molecule is CO[C@H]1/C=C/O[C@@]2(C)Oc3c(C)c(O)c4c5c(cc(O)c4c3C2=O)NC(=O)[C@](C)(CC(=O)[C@@H]2C[C@@H]2[C@H](O)[C@@H](C)[C@@H](O)[C@@H](C)[C@H](OC(C)=O)[C@@H]1C)O5. The first kappa shape index (κ1) is 36.4. The number of phenols is 2. The smallest absolute Gasteiger partial charge is 0.312 e. The number of amides is 1. The van der Waals surface area contributed by atoms with Crippen molar-refractivity contribution >= 4 is 39.9 Å². The number of rotatable bonds is 2. The number of Topliss-reactive ketones (excluding diaryl/α,β-unsaturated/α-hetero) is 2. The van der Waals surface area contributed by atoms with Crippen LogP contribution in [0.15, 0.2) is 18.4 Å². The lowest BCUT2D eigenvalue weighted by Crippen LogP contribution is -2.50. The Morgan fingerprint density at radius 3 is 2.31 bits per heavy atom. The van der Waals surface area contributed by atoms with Crippen LogP contribution in [0.1, 0.15) is 70.3 Å². The van der Waals surface area contributed by atoms with Gasteiger partial charge in [0.25, 0.3) is 11.7 Å². The molecule has 14 nitrogen and oxygen atoms in total. The third kappa shape index (κ3) is 5.86. The molecular formula is C37H45NO13. The predicted molar refractivity (Wildman–Crippen MR) is 180 cm³/mol. The van der Waals surface area contributed by atoms with Crippen LogP contribution in [0.5, 0.6) is 23.0 Å². The average Bonchev–Trinajstić information content (AvgIpc) is 3.83. The van der Waals surface area contributed by atoms with Crippen LogP contribution < -0.4 is 14.8 Å². The maximum Gasteiger partial charge on any atom is 0.312 e. The van der Waals surface area contributed by atoms with Gasteiger partial charge in [-0.25, -0.2) is 0 Å². The minimum absolute atomic E-state index is 0.0239. The zero-order valence-electron chi connectivity index (χ0n) is 29.8. The molecular weight excluding hydrogens is 666 g/mol. The molecule has 1 amide bonds. The Hall–Kier alpha value is -4.40. The minimum Gasteiger partial charge on any atom is -0.507 e. The van der Waals surface area contributed by atoms with Gasteiger partial charge in [-0.1, -0.05) is 20.8 Å². The van der Waals surface area contributed by atoms with Gasteiger partial charge >= 0.3 is 11.8 Å². The molecule has 3 heterocycles. The van der Waals surface area contributed by atoms with Gasteiger partial charge in [0.15, 0.2) is 11.4 Å². The van der Waals surface area contributed by atoms with Crippen LogP contribution in [0.25, 0.3) is 10.8 Å². The van der Waals surface area contributed by atoms with Crippen LogP contribution in [-0.4, -0.2) is 86.8 Å². The fourth-order valence-electron chi connectivity index (χ4n) is 7.94. The summed E-state index contributed by atoms with van der Waals surface area (Å²) >= 11 is 0. The van der Waals surface area contributed by atoms with E-state index in [1.807, 2.05) is 0 Å². The number of aliphatic hydroxyl groups excluding tert-OH is 2. The van der Waals surface area contributed by atoms with Crippen molar-refractivity contribution in [1.29, 1.82) is 0 Å². The molecule has 3 aliphatic heterocycles. The second-order valence-electron chi connectivity index (χ2n) is 14.8. The Balaban J connectivity index is 1.48. The van der Waals surface area contributed by atoms with Crippen molar-refractivity contribution in [2.24, 2.45) is 29.6 Å². The van der Waals surface area contributed by atoms with E-state index in [2.05, 4.69) is 5.32 Å². The van der Waals surface area contributed by atoms with Crippen molar-refractivity contribution in [3.8, 4) is 23.0 Å².